The van der Waals surface area contributed by atoms with Crippen molar-refractivity contribution < 1.29 is 4.74 Å². The molecule has 132 valence electrons. The molecule has 1 fully saturated rings. The molecule has 0 aromatic carbocycles. The van der Waals surface area contributed by atoms with Gasteiger partial charge in [0.05, 0.1) is 18.6 Å². The SMILES string of the molecule is COCCn1cncc1CN1CCC[C@H](c2nnc3ccccn23)C1. The largest absolute Gasteiger partial charge is 0.383 e. The molecular weight excluding hydrogens is 316 g/mol. The number of methoxy groups -OCH3 is 1. The van der Waals surface area contributed by atoms with Crippen LogP contribution in [0.1, 0.15) is 30.3 Å². The Kier molecular flexibility index (Phi) is 4.76. The predicted octanol–water partition coefficient (Wildman–Crippen LogP) is 1.95. The second-order valence-electron chi connectivity index (χ2n) is 6.63. The van der Waals surface area contributed by atoms with E-state index in [4.69, 9.17) is 4.74 Å². The van der Waals surface area contributed by atoms with Crippen molar-refractivity contribution in [2.75, 3.05) is 26.8 Å². The number of aromatic nitrogens is 5. The lowest BCUT2D eigenvalue weighted by molar-refractivity contribution is 0.176. The number of fused-ring (bicyclic) bond motifs is 1. The number of likely N-dealkylation sites (tertiary alicyclic amines) is 1. The summed E-state index contributed by atoms with van der Waals surface area (Å²) in [6.07, 6.45) is 8.25. The first-order chi connectivity index (χ1) is 12.3. The summed E-state index contributed by atoms with van der Waals surface area (Å²) in [6, 6.07) is 6.04. The van der Waals surface area contributed by atoms with E-state index in [9.17, 15) is 0 Å². The third-order valence-electron chi connectivity index (χ3n) is 4.93. The van der Waals surface area contributed by atoms with Crippen LogP contribution in [0.15, 0.2) is 36.9 Å². The molecule has 3 aromatic heterocycles. The molecule has 4 rings (SSSR count). The molecule has 0 spiro atoms. The van der Waals surface area contributed by atoms with Crippen LogP contribution in [0.25, 0.3) is 5.65 Å². The second kappa shape index (κ2) is 7.33. The zero-order valence-corrected chi connectivity index (χ0v) is 14.6. The summed E-state index contributed by atoms with van der Waals surface area (Å²) in [4.78, 5) is 6.80. The maximum atomic E-state index is 5.19. The minimum Gasteiger partial charge on any atom is -0.383 e. The van der Waals surface area contributed by atoms with Gasteiger partial charge in [-0.05, 0) is 31.5 Å². The number of imidazole rings is 1. The third kappa shape index (κ3) is 3.43. The summed E-state index contributed by atoms with van der Waals surface area (Å²) in [6.45, 7) is 4.58. The number of hydrogen-bond donors (Lipinski definition) is 0. The van der Waals surface area contributed by atoms with Gasteiger partial charge in [0.2, 0.25) is 0 Å². The van der Waals surface area contributed by atoms with Gasteiger partial charge in [-0.1, -0.05) is 6.07 Å². The molecule has 4 heterocycles. The summed E-state index contributed by atoms with van der Waals surface area (Å²) >= 11 is 0. The first kappa shape index (κ1) is 16.2. The molecule has 7 heteroatoms. The molecule has 3 aromatic rings. The van der Waals surface area contributed by atoms with Crippen molar-refractivity contribution in [3.05, 3.63) is 48.4 Å². The highest BCUT2D eigenvalue weighted by atomic mass is 16.5. The van der Waals surface area contributed by atoms with Crippen LogP contribution in [-0.2, 0) is 17.8 Å². The van der Waals surface area contributed by atoms with Crippen molar-refractivity contribution in [1.29, 1.82) is 0 Å². The van der Waals surface area contributed by atoms with Gasteiger partial charge in [0.25, 0.3) is 0 Å². The standard InChI is InChI=1S/C18H24N6O/c1-25-10-9-23-14-19-11-16(23)13-22-7-4-5-15(12-22)18-21-20-17-6-2-3-8-24(17)18/h2-3,6,8,11,14-15H,4-5,7,9-10,12-13H2,1H3/t15-/m0/s1. The van der Waals surface area contributed by atoms with Crippen LogP contribution in [0.2, 0.25) is 0 Å². The average molecular weight is 340 g/mol. The molecule has 0 unspecified atom stereocenters. The first-order valence-electron chi connectivity index (χ1n) is 8.85. The third-order valence-corrected chi connectivity index (χ3v) is 4.93. The van der Waals surface area contributed by atoms with E-state index >= 15 is 0 Å². The van der Waals surface area contributed by atoms with Gasteiger partial charge in [-0.2, -0.15) is 0 Å². The van der Waals surface area contributed by atoms with Crippen LogP contribution in [-0.4, -0.2) is 55.9 Å². The summed E-state index contributed by atoms with van der Waals surface area (Å²) in [7, 11) is 1.73. The quantitative estimate of drug-likeness (QED) is 0.686. The van der Waals surface area contributed by atoms with Crippen LogP contribution >= 0.6 is 0 Å². The van der Waals surface area contributed by atoms with Crippen molar-refractivity contribution in [1.82, 2.24) is 29.0 Å². The first-order valence-corrected chi connectivity index (χ1v) is 8.85. The van der Waals surface area contributed by atoms with Gasteiger partial charge in [-0.3, -0.25) is 9.30 Å². The Hall–Kier alpha value is -2.25. The van der Waals surface area contributed by atoms with Gasteiger partial charge in [-0.25, -0.2) is 4.98 Å². The zero-order chi connectivity index (χ0) is 17.1. The highest BCUT2D eigenvalue weighted by Crippen LogP contribution is 2.27. The van der Waals surface area contributed by atoms with E-state index in [2.05, 4.69) is 35.2 Å². The van der Waals surface area contributed by atoms with Gasteiger partial charge in [0, 0.05) is 45.1 Å². The van der Waals surface area contributed by atoms with Crippen molar-refractivity contribution in [3.63, 3.8) is 0 Å². The molecule has 1 aliphatic heterocycles. The van der Waals surface area contributed by atoms with Gasteiger partial charge in [0.15, 0.2) is 5.65 Å². The molecule has 1 aliphatic rings. The summed E-state index contributed by atoms with van der Waals surface area (Å²) < 4.78 is 9.49. The van der Waals surface area contributed by atoms with E-state index in [1.54, 1.807) is 7.11 Å². The van der Waals surface area contributed by atoms with Crippen molar-refractivity contribution in [3.8, 4) is 0 Å². The van der Waals surface area contributed by atoms with E-state index in [1.807, 2.05) is 30.7 Å². The molecule has 7 nitrogen and oxygen atoms in total. The fraction of sp³-hybridized carbons (Fsp3) is 0.500. The molecule has 1 atom stereocenters. The Morgan fingerprint density at radius 2 is 2.24 bits per heavy atom. The molecule has 0 amide bonds. The Labute approximate surface area is 147 Å². The number of ether oxygens (including phenoxy) is 1. The Morgan fingerprint density at radius 3 is 3.16 bits per heavy atom. The molecule has 1 saturated heterocycles. The summed E-state index contributed by atoms with van der Waals surface area (Å²) in [5.41, 5.74) is 2.16. The van der Waals surface area contributed by atoms with E-state index in [1.165, 1.54) is 12.1 Å². The molecule has 25 heavy (non-hydrogen) atoms. The highest BCUT2D eigenvalue weighted by Gasteiger charge is 2.25. The van der Waals surface area contributed by atoms with Crippen molar-refractivity contribution in [2.45, 2.75) is 31.8 Å². The number of pyridine rings is 1. The highest BCUT2D eigenvalue weighted by molar-refractivity contribution is 5.37. The topological polar surface area (TPSA) is 60.5 Å². The van der Waals surface area contributed by atoms with Gasteiger partial charge >= 0.3 is 0 Å². The molecule has 0 bridgehead atoms. The Morgan fingerprint density at radius 1 is 1.28 bits per heavy atom. The van der Waals surface area contributed by atoms with Gasteiger partial charge < -0.3 is 9.30 Å². The van der Waals surface area contributed by atoms with Gasteiger partial charge in [-0.15, -0.1) is 10.2 Å². The van der Waals surface area contributed by atoms with E-state index in [0.29, 0.717) is 12.5 Å². The van der Waals surface area contributed by atoms with Crippen LogP contribution < -0.4 is 0 Å². The molecule has 0 radical (unpaired) electrons. The summed E-state index contributed by atoms with van der Waals surface area (Å²) in [5, 5.41) is 8.77. The zero-order valence-electron chi connectivity index (χ0n) is 14.6. The number of hydrogen-bond acceptors (Lipinski definition) is 5. The van der Waals surface area contributed by atoms with Crippen LogP contribution in [0.5, 0.6) is 0 Å². The lowest BCUT2D eigenvalue weighted by Crippen LogP contribution is -2.35. The van der Waals surface area contributed by atoms with Crippen LogP contribution in [0.4, 0.5) is 0 Å². The van der Waals surface area contributed by atoms with Crippen LogP contribution in [0, 0.1) is 0 Å². The minimum absolute atomic E-state index is 0.418. The lowest BCUT2D eigenvalue weighted by atomic mass is 9.97. The maximum Gasteiger partial charge on any atom is 0.160 e. The minimum atomic E-state index is 0.418. The molecule has 0 saturated carbocycles. The number of rotatable bonds is 6. The normalized spacial score (nSPS) is 18.8. The molecule has 0 N–H and O–H groups in total. The Balaban J connectivity index is 1.47. The van der Waals surface area contributed by atoms with Gasteiger partial charge in [0.1, 0.15) is 5.82 Å². The lowest BCUT2D eigenvalue weighted by Gasteiger charge is -2.32. The molecular formula is C18H24N6O. The molecule has 0 aliphatic carbocycles. The van der Waals surface area contributed by atoms with Crippen LogP contribution in [0.3, 0.4) is 0 Å². The van der Waals surface area contributed by atoms with E-state index in [0.717, 1.165) is 44.1 Å². The summed E-state index contributed by atoms with van der Waals surface area (Å²) in [5.74, 6) is 1.50. The monoisotopic (exact) mass is 340 g/mol. The Bertz CT molecular complexity index is 826. The van der Waals surface area contributed by atoms with E-state index in [-0.39, 0.29) is 0 Å². The smallest absolute Gasteiger partial charge is 0.160 e. The maximum absolute atomic E-state index is 5.19. The fourth-order valence-corrected chi connectivity index (χ4v) is 3.65. The number of nitrogens with zero attached hydrogens (tertiary/aromatic N) is 6. The van der Waals surface area contributed by atoms with Crippen molar-refractivity contribution in [2.24, 2.45) is 0 Å². The second-order valence-corrected chi connectivity index (χ2v) is 6.63. The van der Waals surface area contributed by atoms with Crippen molar-refractivity contribution >= 4 is 5.65 Å². The fourth-order valence-electron chi connectivity index (χ4n) is 3.65. The number of piperidine rings is 1. The van der Waals surface area contributed by atoms with E-state index < -0.39 is 0 Å². The average Bonchev–Trinajstić information content (AvgIpc) is 3.27. The predicted molar refractivity (Wildman–Crippen MR) is 94.3 cm³/mol.